The molecule has 1 aliphatic heterocycles. The molecule has 3 rings (SSSR count). The molecule has 1 aliphatic rings. The zero-order valence-corrected chi connectivity index (χ0v) is 13.7. The van der Waals surface area contributed by atoms with Crippen LogP contribution in [0, 0.1) is 0 Å². The Balaban J connectivity index is 2.13. The number of amides is 2. The number of anilines is 1. The number of nitrogens with zero attached hydrogens (tertiary/aromatic N) is 1. The van der Waals surface area contributed by atoms with Crippen molar-refractivity contribution in [3.8, 4) is 16.9 Å². The molecule has 126 valence electrons. The van der Waals surface area contributed by atoms with Crippen LogP contribution >= 0.6 is 0 Å². The first-order chi connectivity index (χ1) is 11.4. The standard InChI is InChI=1S/C16H16N2O5S/c1-23-13-5-2-11(3-6-13)14-10-12(18-9-8-17-16(18)19)4-7-15(14)24(20,21)22/h2-7,10H,8-9H2,1H3,(H,17,19)(H,20,21,22). The third-order valence-electron chi connectivity index (χ3n) is 3.81. The number of ether oxygens (including phenoxy) is 1. The van der Waals surface area contributed by atoms with E-state index in [-0.39, 0.29) is 10.9 Å². The second-order valence-corrected chi connectivity index (χ2v) is 6.66. The van der Waals surface area contributed by atoms with Crippen molar-refractivity contribution >= 4 is 21.8 Å². The van der Waals surface area contributed by atoms with Crippen LogP contribution in [0.25, 0.3) is 11.1 Å². The van der Waals surface area contributed by atoms with E-state index in [0.29, 0.717) is 35.7 Å². The molecule has 0 saturated carbocycles. The first kappa shape index (κ1) is 16.3. The summed E-state index contributed by atoms with van der Waals surface area (Å²) in [5.41, 5.74) is 1.46. The molecular formula is C16H16N2O5S. The number of urea groups is 1. The Hall–Kier alpha value is -2.58. The van der Waals surface area contributed by atoms with E-state index in [2.05, 4.69) is 5.32 Å². The van der Waals surface area contributed by atoms with Gasteiger partial charge in [-0.1, -0.05) is 12.1 Å². The minimum Gasteiger partial charge on any atom is -0.497 e. The highest BCUT2D eigenvalue weighted by molar-refractivity contribution is 7.86. The number of methoxy groups -OCH3 is 1. The molecule has 0 aliphatic carbocycles. The predicted molar refractivity (Wildman–Crippen MR) is 89.0 cm³/mol. The molecule has 0 atom stereocenters. The lowest BCUT2D eigenvalue weighted by atomic mass is 10.0. The van der Waals surface area contributed by atoms with Crippen LogP contribution in [-0.4, -0.2) is 39.2 Å². The highest BCUT2D eigenvalue weighted by Gasteiger charge is 2.24. The van der Waals surface area contributed by atoms with Crippen LogP contribution in [0.5, 0.6) is 5.75 Å². The van der Waals surface area contributed by atoms with E-state index in [9.17, 15) is 17.8 Å². The van der Waals surface area contributed by atoms with Crippen LogP contribution in [0.1, 0.15) is 0 Å². The van der Waals surface area contributed by atoms with Gasteiger partial charge in [0.1, 0.15) is 10.6 Å². The summed E-state index contributed by atoms with van der Waals surface area (Å²) in [4.78, 5) is 13.1. The summed E-state index contributed by atoms with van der Waals surface area (Å²) in [6.07, 6.45) is 0. The van der Waals surface area contributed by atoms with Gasteiger partial charge in [0, 0.05) is 24.3 Å². The molecule has 1 saturated heterocycles. The second kappa shape index (κ2) is 6.14. The van der Waals surface area contributed by atoms with Crippen molar-refractivity contribution in [1.82, 2.24) is 5.32 Å². The molecule has 0 unspecified atom stereocenters. The summed E-state index contributed by atoms with van der Waals surface area (Å²) in [7, 11) is -2.87. The summed E-state index contributed by atoms with van der Waals surface area (Å²) >= 11 is 0. The van der Waals surface area contributed by atoms with Crippen LogP contribution in [0.2, 0.25) is 0 Å². The summed E-state index contributed by atoms with van der Waals surface area (Å²) < 4.78 is 38.0. The maximum absolute atomic E-state index is 11.8. The lowest BCUT2D eigenvalue weighted by molar-refractivity contribution is 0.252. The molecule has 2 aromatic rings. The van der Waals surface area contributed by atoms with Gasteiger partial charge in [0.2, 0.25) is 0 Å². The highest BCUT2D eigenvalue weighted by atomic mass is 32.2. The zero-order valence-electron chi connectivity index (χ0n) is 12.9. The van der Waals surface area contributed by atoms with Crippen molar-refractivity contribution < 1.29 is 22.5 Å². The molecule has 2 aromatic carbocycles. The molecule has 0 radical (unpaired) electrons. The van der Waals surface area contributed by atoms with Crippen LogP contribution in [0.15, 0.2) is 47.4 Å². The van der Waals surface area contributed by atoms with E-state index in [1.807, 2.05) is 0 Å². The molecule has 2 N–H and O–H groups in total. The van der Waals surface area contributed by atoms with Gasteiger partial charge in [-0.3, -0.25) is 9.45 Å². The number of hydrogen-bond acceptors (Lipinski definition) is 4. The molecule has 1 fully saturated rings. The maximum Gasteiger partial charge on any atom is 0.321 e. The smallest absolute Gasteiger partial charge is 0.321 e. The van der Waals surface area contributed by atoms with Crippen LogP contribution in [0.3, 0.4) is 0 Å². The normalized spacial score (nSPS) is 14.6. The van der Waals surface area contributed by atoms with Crippen molar-refractivity contribution in [2.24, 2.45) is 0 Å². The van der Waals surface area contributed by atoms with E-state index in [4.69, 9.17) is 4.74 Å². The van der Waals surface area contributed by atoms with Gasteiger partial charge in [0.15, 0.2) is 0 Å². The number of hydrogen-bond donors (Lipinski definition) is 2. The topological polar surface area (TPSA) is 95.9 Å². The molecule has 0 aromatic heterocycles. The Kier molecular flexibility index (Phi) is 4.16. The number of nitrogens with one attached hydrogen (secondary N) is 1. The molecule has 8 heteroatoms. The molecule has 0 bridgehead atoms. The first-order valence-corrected chi connectivity index (χ1v) is 8.65. The Morgan fingerprint density at radius 2 is 1.88 bits per heavy atom. The molecular weight excluding hydrogens is 332 g/mol. The van der Waals surface area contributed by atoms with Gasteiger partial charge in [0.05, 0.1) is 7.11 Å². The molecule has 0 spiro atoms. The van der Waals surface area contributed by atoms with Crippen molar-refractivity contribution in [3.05, 3.63) is 42.5 Å². The van der Waals surface area contributed by atoms with E-state index < -0.39 is 10.1 Å². The van der Waals surface area contributed by atoms with E-state index in [0.717, 1.165) is 0 Å². The first-order valence-electron chi connectivity index (χ1n) is 7.21. The number of rotatable bonds is 4. The zero-order chi connectivity index (χ0) is 17.3. The van der Waals surface area contributed by atoms with E-state index in [1.165, 1.54) is 24.1 Å². The maximum atomic E-state index is 11.8. The summed E-state index contributed by atoms with van der Waals surface area (Å²) in [5, 5.41) is 2.69. The highest BCUT2D eigenvalue weighted by Crippen LogP contribution is 2.33. The summed E-state index contributed by atoms with van der Waals surface area (Å²) in [6, 6.07) is 10.9. The summed E-state index contributed by atoms with van der Waals surface area (Å²) in [6.45, 7) is 1.02. The molecule has 7 nitrogen and oxygen atoms in total. The average molecular weight is 348 g/mol. The van der Waals surface area contributed by atoms with Crippen LogP contribution in [-0.2, 0) is 10.1 Å². The monoisotopic (exact) mass is 348 g/mol. The second-order valence-electron chi connectivity index (χ2n) is 5.27. The molecule has 24 heavy (non-hydrogen) atoms. The van der Waals surface area contributed by atoms with Gasteiger partial charge >= 0.3 is 6.03 Å². The summed E-state index contributed by atoms with van der Waals surface area (Å²) in [5.74, 6) is 0.627. The van der Waals surface area contributed by atoms with Gasteiger partial charge < -0.3 is 10.1 Å². The van der Waals surface area contributed by atoms with Crippen molar-refractivity contribution in [1.29, 1.82) is 0 Å². The van der Waals surface area contributed by atoms with Crippen molar-refractivity contribution in [2.45, 2.75) is 4.90 Å². The molecule has 2 amide bonds. The number of benzene rings is 2. The van der Waals surface area contributed by atoms with Gasteiger partial charge in [-0.2, -0.15) is 8.42 Å². The fraction of sp³-hybridized carbons (Fsp3) is 0.188. The largest absolute Gasteiger partial charge is 0.497 e. The predicted octanol–water partition coefficient (Wildman–Crippen LogP) is 2.14. The minimum atomic E-state index is -4.40. The fourth-order valence-corrected chi connectivity index (χ4v) is 3.32. The van der Waals surface area contributed by atoms with Gasteiger partial charge in [0.25, 0.3) is 10.1 Å². The Labute approximate surface area is 139 Å². The van der Waals surface area contributed by atoms with Gasteiger partial charge in [-0.05, 0) is 35.9 Å². The lowest BCUT2D eigenvalue weighted by Gasteiger charge is -2.17. The van der Waals surface area contributed by atoms with Gasteiger partial charge in [-0.25, -0.2) is 4.79 Å². The van der Waals surface area contributed by atoms with Gasteiger partial charge in [-0.15, -0.1) is 0 Å². The Morgan fingerprint density at radius 3 is 2.42 bits per heavy atom. The molecule has 1 heterocycles. The SMILES string of the molecule is COc1ccc(-c2cc(N3CCNC3=O)ccc2S(=O)(=O)O)cc1. The lowest BCUT2D eigenvalue weighted by Crippen LogP contribution is -2.27. The van der Waals surface area contributed by atoms with Crippen molar-refractivity contribution in [3.63, 3.8) is 0 Å². The third kappa shape index (κ3) is 3.06. The van der Waals surface area contributed by atoms with Crippen LogP contribution in [0.4, 0.5) is 10.5 Å². The van der Waals surface area contributed by atoms with E-state index in [1.54, 1.807) is 30.3 Å². The van der Waals surface area contributed by atoms with E-state index >= 15 is 0 Å². The van der Waals surface area contributed by atoms with Crippen molar-refractivity contribution in [2.75, 3.05) is 25.1 Å². The fourth-order valence-electron chi connectivity index (χ4n) is 2.62. The quantitative estimate of drug-likeness (QED) is 0.825. The third-order valence-corrected chi connectivity index (χ3v) is 4.72. The minimum absolute atomic E-state index is 0.212. The Bertz CT molecular complexity index is 878. The number of carbonyl (C=O) groups is 1. The Morgan fingerprint density at radius 1 is 1.17 bits per heavy atom. The van der Waals surface area contributed by atoms with Crippen LogP contribution < -0.4 is 15.0 Å². The number of carbonyl (C=O) groups excluding carboxylic acids is 1. The average Bonchev–Trinajstić information content (AvgIpc) is 2.99.